The van der Waals surface area contributed by atoms with Crippen molar-refractivity contribution in [1.82, 2.24) is 6.15 Å². The molecule has 0 radical (unpaired) electrons. The molecule has 0 bridgehead atoms. The molecule has 0 saturated heterocycles. The molecule has 0 atom stereocenters. The Kier molecular flexibility index (Phi) is 11.3. The van der Waals surface area contributed by atoms with Crippen LogP contribution in [0.1, 0.15) is 34.1 Å². The third kappa shape index (κ3) is 11.8. The van der Waals surface area contributed by atoms with Crippen LogP contribution in [0.2, 0.25) is 0 Å². The molecule has 0 aromatic heterocycles. The average molecular weight is 207 g/mol. The van der Waals surface area contributed by atoms with Crippen LogP contribution in [-0.4, -0.2) is 24.2 Å². The summed E-state index contributed by atoms with van der Waals surface area (Å²) in [5.41, 5.74) is 20.9. The second kappa shape index (κ2) is 8.14. The predicted octanol–water partition coefficient (Wildman–Crippen LogP) is -0.0831. The van der Waals surface area contributed by atoms with Gasteiger partial charge in [0.2, 0.25) is 0 Å². The molecule has 5 heteroatoms. The lowest BCUT2D eigenvalue weighted by atomic mass is 9.85. The van der Waals surface area contributed by atoms with Crippen LogP contribution in [0.25, 0.3) is 0 Å². The lowest BCUT2D eigenvalue weighted by Gasteiger charge is -2.34. The molecule has 0 heterocycles. The quantitative estimate of drug-likeness (QED) is 0.440. The standard InChI is InChI=1S/C6H16N2.C3H10N2.H3N/c1-5(2,7)6(3,4)8;4-2-1-3-5;/h7-8H2,1-4H3;1-5H2;1H3. The molecule has 0 aromatic carbocycles. The summed E-state index contributed by atoms with van der Waals surface area (Å²) >= 11 is 0. The molecule has 0 unspecified atom stereocenters. The summed E-state index contributed by atoms with van der Waals surface area (Å²) in [7, 11) is 0. The molecule has 0 saturated carbocycles. The lowest BCUT2D eigenvalue weighted by molar-refractivity contribution is 0.309. The Labute approximate surface area is 88.2 Å². The van der Waals surface area contributed by atoms with E-state index >= 15 is 0 Å². The second-order valence-corrected chi connectivity index (χ2v) is 4.37. The van der Waals surface area contributed by atoms with Gasteiger partial charge < -0.3 is 29.1 Å². The van der Waals surface area contributed by atoms with Crippen LogP contribution in [0, 0.1) is 0 Å². The van der Waals surface area contributed by atoms with Gasteiger partial charge >= 0.3 is 0 Å². The van der Waals surface area contributed by atoms with E-state index in [4.69, 9.17) is 22.9 Å². The topological polar surface area (TPSA) is 139 Å². The first kappa shape index (κ1) is 19.4. The summed E-state index contributed by atoms with van der Waals surface area (Å²) in [6.45, 7) is 9.13. The molecule has 11 N–H and O–H groups in total. The normalized spacial score (nSPS) is 11.1. The van der Waals surface area contributed by atoms with Crippen LogP contribution in [0.15, 0.2) is 0 Å². The van der Waals surface area contributed by atoms with Crippen molar-refractivity contribution >= 4 is 0 Å². The molecular formula is C9H29N5. The maximum absolute atomic E-state index is 5.69. The highest BCUT2D eigenvalue weighted by molar-refractivity contribution is 4.93. The Hall–Kier alpha value is -0.200. The van der Waals surface area contributed by atoms with Gasteiger partial charge in [0, 0.05) is 11.1 Å². The molecule has 0 fully saturated rings. The molecule has 90 valence electrons. The summed E-state index contributed by atoms with van der Waals surface area (Å²) in [6.07, 6.45) is 0.944. The van der Waals surface area contributed by atoms with E-state index in [1.54, 1.807) is 0 Å². The van der Waals surface area contributed by atoms with Crippen molar-refractivity contribution < 1.29 is 0 Å². The smallest absolute Gasteiger partial charge is 0.0274 e. The van der Waals surface area contributed by atoms with E-state index in [2.05, 4.69) is 0 Å². The Morgan fingerprint density at radius 2 is 1.00 bits per heavy atom. The fourth-order valence-electron chi connectivity index (χ4n) is 0.118. The number of nitrogens with two attached hydrogens (primary N) is 4. The zero-order chi connectivity index (χ0) is 11.1. The third-order valence-electron chi connectivity index (χ3n) is 2.07. The van der Waals surface area contributed by atoms with Crippen LogP contribution >= 0.6 is 0 Å². The molecule has 0 aliphatic carbocycles. The van der Waals surface area contributed by atoms with Gasteiger partial charge in [-0.15, -0.1) is 0 Å². The van der Waals surface area contributed by atoms with E-state index in [-0.39, 0.29) is 17.2 Å². The maximum atomic E-state index is 5.69. The summed E-state index contributed by atoms with van der Waals surface area (Å²) in [5.74, 6) is 0. The van der Waals surface area contributed by atoms with Gasteiger partial charge in [-0.1, -0.05) is 0 Å². The van der Waals surface area contributed by atoms with Crippen molar-refractivity contribution in [2.75, 3.05) is 13.1 Å². The average Bonchev–Trinajstić information content (AvgIpc) is 1.85. The lowest BCUT2D eigenvalue weighted by Crippen LogP contribution is -2.58. The molecule has 0 aromatic rings. The monoisotopic (exact) mass is 207 g/mol. The minimum absolute atomic E-state index is 0. The van der Waals surface area contributed by atoms with E-state index in [0.29, 0.717) is 0 Å². The third-order valence-corrected chi connectivity index (χ3v) is 2.07. The van der Waals surface area contributed by atoms with Crippen LogP contribution < -0.4 is 29.1 Å². The van der Waals surface area contributed by atoms with Crippen LogP contribution in [0.4, 0.5) is 0 Å². The van der Waals surface area contributed by atoms with Gasteiger partial charge in [0.15, 0.2) is 0 Å². The van der Waals surface area contributed by atoms with Gasteiger partial charge in [0.1, 0.15) is 0 Å². The van der Waals surface area contributed by atoms with Gasteiger partial charge in [0.05, 0.1) is 0 Å². The Bertz CT molecular complexity index is 97.4. The molecule has 5 nitrogen and oxygen atoms in total. The molecule has 0 amide bonds. The minimum atomic E-state index is -0.285. The van der Waals surface area contributed by atoms with E-state index in [1.807, 2.05) is 27.7 Å². The first-order valence-corrected chi connectivity index (χ1v) is 4.64. The van der Waals surface area contributed by atoms with Crippen LogP contribution in [0.3, 0.4) is 0 Å². The zero-order valence-electron chi connectivity index (χ0n) is 10.1. The van der Waals surface area contributed by atoms with Crippen molar-refractivity contribution in [2.45, 2.75) is 45.2 Å². The summed E-state index contributed by atoms with van der Waals surface area (Å²) in [6, 6.07) is 0. The Morgan fingerprint density at radius 1 is 0.786 bits per heavy atom. The van der Waals surface area contributed by atoms with Gasteiger partial charge in [-0.05, 0) is 47.2 Å². The number of rotatable bonds is 3. The molecule has 0 spiro atoms. The first-order chi connectivity index (χ1) is 5.66. The zero-order valence-corrected chi connectivity index (χ0v) is 10.1. The predicted molar refractivity (Wildman–Crippen MR) is 64.3 cm³/mol. The molecule has 0 aliphatic rings. The van der Waals surface area contributed by atoms with Crippen molar-refractivity contribution in [3.63, 3.8) is 0 Å². The van der Waals surface area contributed by atoms with Gasteiger partial charge in [-0.2, -0.15) is 0 Å². The first-order valence-electron chi connectivity index (χ1n) is 4.64. The highest BCUT2D eigenvalue weighted by atomic mass is 14.9. The fourth-order valence-corrected chi connectivity index (χ4v) is 0.118. The SMILES string of the molecule is CC(C)(N)C(C)(C)N.N.NCCCN. The number of hydrogen-bond donors (Lipinski definition) is 5. The minimum Gasteiger partial charge on any atom is -0.344 e. The van der Waals surface area contributed by atoms with Crippen LogP contribution in [0.5, 0.6) is 0 Å². The van der Waals surface area contributed by atoms with Crippen LogP contribution in [-0.2, 0) is 0 Å². The van der Waals surface area contributed by atoms with Crippen molar-refractivity contribution in [1.29, 1.82) is 0 Å². The van der Waals surface area contributed by atoms with Crippen molar-refractivity contribution in [3.05, 3.63) is 0 Å². The van der Waals surface area contributed by atoms with Crippen molar-refractivity contribution in [2.24, 2.45) is 22.9 Å². The van der Waals surface area contributed by atoms with Gasteiger partial charge in [0.25, 0.3) is 0 Å². The maximum Gasteiger partial charge on any atom is 0.0274 e. The van der Waals surface area contributed by atoms with E-state index in [0.717, 1.165) is 19.5 Å². The number of hydrogen-bond acceptors (Lipinski definition) is 5. The van der Waals surface area contributed by atoms with Gasteiger partial charge in [-0.25, -0.2) is 0 Å². The molecular weight excluding hydrogens is 178 g/mol. The van der Waals surface area contributed by atoms with Crippen molar-refractivity contribution in [3.8, 4) is 0 Å². The highest BCUT2D eigenvalue weighted by Gasteiger charge is 2.28. The second-order valence-electron chi connectivity index (χ2n) is 4.37. The summed E-state index contributed by atoms with van der Waals surface area (Å²) in [5, 5.41) is 0. The summed E-state index contributed by atoms with van der Waals surface area (Å²) < 4.78 is 0. The van der Waals surface area contributed by atoms with E-state index in [1.165, 1.54) is 0 Å². The Balaban J connectivity index is -0.000000177. The molecule has 0 rings (SSSR count). The molecule has 0 aliphatic heterocycles. The largest absolute Gasteiger partial charge is 0.344 e. The Morgan fingerprint density at radius 3 is 1.00 bits per heavy atom. The summed E-state index contributed by atoms with van der Waals surface area (Å²) in [4.78, 5) is 0. The van der Waals surface area contributed by atoms with Gasteiger partial charge in [-0.3, -0.25) is 0 Å². The van der Waals surface area contributed by atoms with E-state index < -0.39 is 0 Å². The fraction of sp³-hybridized carbons (Fsp3) is 1.00. The molecule has 14 heavy (non-hydrogen) atoms. The van der Waals surface area contributed by atoms with E-state index in [9.17, 15) is 0 Å². The highest BCUT2D eigenvalue weighted by Crippen LogP contribution is 2.13.